The molecule has 1 aromatic rings. The third-order valence-corrected chi connectivity index (χ3v) is 2.21. The first-order chi connectivity index (χ1) is 7.71. The Morgan fingerprint density at radius 3 is 2.00 bits per heavy atom. The van der Waals surface area contributed by atoms with Gasteiger partial charge in [0.15, 0.2) is 0 Å². The molecule has 0 radical (unpaired) electrons. The number of hydrogen-bond acceptors (Lipinski definition) is 3. The SMILES string of the molecule is N#CC(C#N)=C(C#N)Cc1ccc(Cl)cc1. The van der Waals surface area contributed by atoms with Crippen molar-refractivity contribution in [3.05, 3.63) is 46.0 Å². The maximum absolute atomic E-state index is 8.84. The molecule has 0 saturated heterocycles. The molecular formula is C12H6ClN3. The van der Waals surface area contributed by atoms with Crippen molar-refractivity contribution in [1.82, 2.24) is 0 Å². The molecule has 1 rings (SSSR count). The smallest absolute Gasteiger partial charge is 0.143 e. The zero-order chi connectivity index (χ0) is 12.0. The van der Waals surface area contributed by atoms with E-state index in [9.17, 15) is 0 Å². The van der Waals surface area contributed by atoms with Crippen LogP contribution in [0.3, 0.4) is 0 Å². The summed E-state index contributed by atoms with van der Waals surface area (Å²) in [5, 5.41) is 26.7. The molecule has 0 fully saturated rings. The fourth-order valence-electron chi connectivity index (χ4n) is 1.15. The lowest BCUT2D eigenvalue weighted by molar-refractivity contribution is 1.18. The number of benzene rings is 1. The second-order valence-electron chi connectivity index (χ2n) is 2.99. The highest BCUT2D eigenvalue weighted by Gasteiger charge is 2.06. The largest absolute Gasteiger partial charge is 0.193 e. The lowest BCUT2D eigenvalue weighted by Crippen LogP contribution is -1.92. The van der Waals surface area contributed by atoms with Crippen molar-refractivity contribution in [2.75, 3.05) is 0 Å². The van der Waals surface area contributed by atoms with E-state index >= 15 is 0 Å². The average molecular weight is 228 g/mol. The number of rotatable bonds is 2. The molecule has 0 aromatic heterocycles. The number of halogens is 1. The zero-order valence-electron chi connectivity index (χ0n) is 8.24. The Labute approximate surface area is 98.4 Å². The third-order valence-electron chi connectivity index (χ3n) is 1.95. The van der Waals surface area contributed by atoms with Crippen LogP contribution in [0.1, 0.15) is 5.56 Å². The van der Waals surface area contributed by atoms with Gasteiger partial charge in [-0.05, 0) is 17.7 Å². The number of hydrogen-bond donors (Lipinski definition) is 0. The molecule has 0 saturated carbocycles. The summed E-state index contributed by atoms with van der Waals surface area (Å²) in [6, 6.07) is 12.2. The zero-order valence-corrected chi connectivity index (χ0v) is 8.99. The van der Waals surface area contributed by atoms with Gasteiger partial charge < -0.3 is 0 Å². The first kappa shape index (κ1) is 11.8. The minimum absolute atomic E-state index is 0.141. The van der Waals surface area contributed by atoms with Gasteiger partial charge >= 0.3 is 0 Å². The fourth-order valence-corrected chi connectivity index (χ4v) is 1.28. The molecule has 16 heavy (non-hydrogen) atoms. The van der Waals surface area contributed by atoms with Gasteiger partial charge in [-0.1, -0.05) is 23.7 Å². The molecule has 0 atom stereocenters. The highest BCUT2D eigenvalue weighted by atomic mass is 35.5. The molecule has 0 aliphatic carbocycles. The van der Waals surface area contributed by atoms with E-state index in [-0.39, 0.29) is 17.6 Å². The number of nitrogens with zero attached hydrogens (tertiary/aromatic N) is 3. The maximum atomic E-state index is 8.84. The van der Waals surface area contributed by atoms with Crippen molar-refractivity contribution >= 4 is 11.6 Å². The van der Waals surface area contributed by atoms with E-state index in [0.717, 1.165) is 5.56 Å². The first-order valence-corrected chi connectivity index (χ1v) is 4.77. The molecule has 1 aromatic carbocycles. The highest BCUT2D eigenvalue weighted by molar-refractivity contribution is 6.30. The van der Waals surface area contributed by atoms with Gasteiger partial charge in [0.25, 0.3) is 0 Å². The molecule has 0 heterocycles. The minimum Gasteiger partial charge on any atom is -0.193 e. The molecule has 3 nitrogen and oxygen atoms in total. The molecule has 0 unspecified atom stereocenters. The van der Waals surface area contributed by atoms with Crippen molar-refractivity contribution in [3.63, 3.8) is 0 Å². The van der Waals surface area contributed by atoms with Gasteiger partial charge in [-0.3, -0.25) is 0 Å². The molecule has 4 heteroatoms. The van der Waals surface area contributed by atoms with Gasteiger partial charge in [-0.15, -0.1) is 0 Å². The minimum atomic E-state index is -0.141. The average Bonchev–Trinajstić information content (AvgIpc) is 2.32. The second kappa shape index (κ2) is 5.56. The van der Waals surface area contributed by atoms with Crippen molar-refractivity contribution in [1.29, 1.82) is 15.8 Å². The van der Waals surface area contributed by atoms with E-state index in [4.69, 9.17) is 27.4 Å². The fraction of sp³-hybridized carbons (Fsp3) is 0.0833. The van der Waals surface area contributed by atoms with E-state index in [1.54, 1.807) is 36.4 Å². The van der Waals surface area contributed by atoms with Crippen LogP contribution in [0.25, 0.3) is 0 Å². The summed E-state index contributed by atoms with van der Waals surface area (Å²) in [6.07, 6.45) is 0.268. The summed E-state index contributed by atoms with van der Waals surface area (Å²) in [5.74, 6) is 0. The van der Waals surface area contributed by atoms with Gasteiger partial charge in [0.05, 0.1) is 11.6 Å². The summed E-state index contributed by atoms with van der Waals surface area (Å²) in [5.41, 5.74) is 0.869. The second-order valence-corrected chi connectivity index (χ2v) is 3.43. The Morgan fingerprint density at radius 1 is 1.00 bits per heavy atom. The van der Waals surface area contributed by atoms with E-state index in [0.29, 0.717) is 5.02 Å². The third kappa shape index (κ3) is 2.85. The summed E-state index contributed by atoms with van der Waals surface area (Å²) in [6.45, 7) is 0. The predicted octanol–water partition coefficient (Wildman–Crippen LogP) is 2.75. The highest BCUT2D eigenvalue weighted by Crippen LogP contribution is 2.14. The molecular weight excluding hydrogens is 222 g/mol. The van der Waals surface area contributed by atoms with E-state index in [2.05, 4.69) is 0 Å². The Balaban J connectivity index is 3.02. The van der Waals surface area contributed by atoms with Crippen LogP contribution >= 0.6 is 11.6 Å². The molecule has 76 valence electrons. The van der Waals surface area contributed by atoms with Crippen molar-refractivity contribution in [2.45, 2.75) is 6.42 Å². The van der Waals surface area contributed by atoms with Crippen LogP contribution in [0.4, 0.5) is 0 Å². The van der Waals surface area contributed by atoms with Crippen LogP contribution in [0.5, 0.6) is 0 Å². The van der Waals surface area contributed by atoms with Crippen molar-refractivity contribution < 1.29 is 0 Å². The van der Waals surface area contributed by atoms with Crippen molar-refractivity contribution in [3.8, 4) is 18.2 Å². The van der Waals surface area contributed by atoms with Crippen LogP contribution in [0.2, 0.25) is 5.02 Å². The molecule has 0 aliphatic heterocycles. The van der Waals surface area contributed by atoms with Crippen LogP contribution in [0.15, 0.2) is 35.4 Å². The lowest BCUT2D eigenvalue weighted by atomic mass is 10.0. The van der Waals surface area contributed by atoms with Gasteiger partial charge in [0, 0.05) is 11.4 Å². The molecule has 0 bridgehead atoms. The van der Waals surface area contributed by atoms with Gasteiger partial charge in [0.1, 0.15) is 17.7 Å². The number of nitriles is 3. The Bertz CT molecular complexity index is 520. The molecule has 0 aliphatic rings. The van der Waals surface area contributed by atoms with Crippen LogP contribution in [-0.4, -0.2) is 0 Å². The lowest BCUT2D eigenvalue weighted by Gasteiger charge is -1.99. The van der Waals surface area contributed by atoms with E-state index in [1.165, 1.54) is 0 Å². The topological polar surface area (TPSA) is 71.4 Å². The molecule has 0 amide bonds. The van der Waals surface area contributed by atoms with Crippen LogP contribution < -0.4 is 0 Å². The first-order valence-electron chi connectivity index (χ1n) is 4.39. The monoisotopic (exact) mass is 227 g/mol. The summed E-state index contributed by atoms with van der Waals surface area (Å²) < 4.78 is 0. The number of allylic oxidation sites excluding steroid dienone is 2. The predicted molar refractivity (Wildman–Crippen MR) is 59.0 cm³/mol. The molecule has 0 N–H and O–H groups in total. The van der Waals surface area contributed by atoms with Crippen molar-refractivity contribution in [2.24, 2.45) is 0 Å². The Morgan fingerprint density at radius 2 is 1.56 bits per heavy atom. The summed E-state index contributed by atoms with van der Waals surface area (Å²) >= 11 is 5.72. The van der Waals surface area contributed by atoms with Crippen LogP contribution in [-0.2, 0) is 6.42 Å². The Hall–Kier alpha value is -2.28. The van der Waals surface area contributed by atoms with Crippen LogP contribution in [0, 0.1) is 34.0 Å². The summed E-state index contributed by atoms with van der Waals surface area (Å²) in [7, 11) is 0. The normalized spacial score (nSPS) is 8.38. The van der Waals surface area contributed by atoms with Gasteiger partial charge in [-0.2, -0.15) is 15.8 Å². The summed E-state index contributed by atoms with van der Waals surface area (Å²) in [4.78, 5) is 0. The standard InChI is InChI=1S/C12H6ClN3/c13-12-3-1-9(2-4-12)5-10(6-14)11(7-15)8-16/h1-4H,5H2. The van der Waals surface area contributed by atoms with E-state index in [1.807, 2.05) is 6.07 Å². The van der Waals surface area contributed by atoms with Gasteiger partial charge in [-0.25, -0.2) is 0 Å². The quantitative estimate of drug-likeness (QED) is 0.730. The van der Waals surface area contributed by atoms with Gasteiger partial charge in [0.2, 0.25) is 0 Å². The maximum Gasteiger partial charge on any atom is 0.143 e. The van der Waals surface area contributed by atoms with E-state index < -0.39 is 0 Å². The Kier molecular flexibility index (Phi) is 4.10. The molecule has 0 spiro atoms.